The first-order valence-corrected chi connectivity index (χ1v) is 4.78. The molecule has 0 spiro atoms. The average Bonchev–Trinajstić information content (AvgIpc) is 2.26. The fourth-order valence-corrected chi connectivity index (χ4v) is 1.11. The maximum atomic E-state index is 11.2. The largest absolute Gasteiger partial charge is 0.478 e. The lowest BCUT2D eigenvalue weighted by Gasteiger charge is -2.03. The predicted octanol–water partition coefficient (Wildman–Crippen LogP) is 1.94. The molecule has 0 bridgehead atoms. The third-order valence-corrected chi connectivity index (χ3v) is 1.92. The summed E-state index contributed by atoms with van der Waals surface area (Å²) >= 11 is 5.40. The van der Waals surface area contributed by atoms with Gasteiger partial charge in [0.05, 0.1) is 0 Å². The molecule has 0 saturated heterocycles. The van der Waals surface area contributed by atoms with Crippen molar-refractivity contribution in [2.45, 2.75) is 6.61 Å². The SMILES string of the molecule is O=C(O)/C=C(\Cl)C(=O)OCc1ccccc1. The van der Waals surface area contributed by atoms with E-state index in [0.29, 0.717) is 6.08 Å². The van der Waals surface area contributed by atoms with Crippen molar-refractivity contribution in [3.63, 3.8) is 0 Å². The summed E-state index contributed by atoms with van der Waals surface area (Å²) in [6.45, 7) is 0.0589. The maximum absolute atomic E-state index is 11.2. The Hall–Kier alpha value is -1.81. The fraction of sp³-hybridized carbons (Fsp3) is 0.0909. The molecule has 0 aliphatic heterocycles. The third-order valence-electron chi connectivity index (χ3n) is 1.66. The van der Waals surface area contributed by atoms with Gasteiger partial charge >= 0.3 is 11.9 Å². The maximum Gasteiger partial charge on any atom is 0.350 e. The summed E-state index contributed by atoms with van der Waals surface area (Å²) in [5.41, 5.74) is 0.802. The second kappa shape index (κ2) is 5.92. The Morgan fingerprint density at radius 2 is 1.94 bits per heavy atom. The van der Waals surface area contributed by atoms with E-state index in [-0.39, 0.29) is 6.61 Å². The molecule has 0 heterocycles. The highest BCUT2D eigenvalue weighted by Gasteiger charge is 2.09. The molecule has 16 heavy (non-hydrogen) atoms. The van der Waals surface area contributed by atoms with Crippen molar-refractivity contribution in [1.82, 2.24) is 0 Å². The highest BCUT2D eigenvalue weighted by Crippen LogP contribution is 2.07. The van der Waals surface area contributed by atoms with E-state index in [0.717, 1.165) is 5.56 Å². The smallest absolute Gasteiger partial charge is 0.350 e. The molecule has 0 fully saturated rings. The first kappa shape index (κ1) is 12.3. The van der Waals surface area contributed by atoms with Crippen molar-refractivity contribution in [3.8, 4) is 0 Å². The number of esters is 1. The minimum atomic E-state index is -1.29. The highest BCUT2D eigenvalue weighted by molar-refractivity contribution is 6.42. The molecule has 84 valence electrons. The predicted molar refractivity (Wildman–Crippen MR) is 57.8 cm³/mol. The van der Waals surface area contributed by atoms with Gasteiger partial charge in [0.15, 0.2) is 0 Å². The van der Waals surface area contributed by atoms with E-state index in [4.69, 9.17) is 21.4 Å². The van der Waals surface area contributed by atoms with Crippen LogP contribution in [0.15, 0.2) is 41.4 Å². The lowest BCUT2D eigenvalue weighted by atomic mass is 10.2. The standard InChI is InChI=1S/C11H9ClO4/c12-9(6-10(13)14)11(15)16-7-8-4-2-1-3-5-8/h1-6H,7H2,(H,13,14)/b9-6-. The summed E-state index contributed by atoms with van der Waals surface area (Å²) < 4.78 is 4.79. The van der Waals surface area contributed by atoms with Crippen LogP contribution in [0.25, 0.3) is 0 Å². The molecule has 0 aromatic heterocycles. The zero-order chi connectivity index (χ0) is 12.0. The zero-order valence-corrected chi connectivity index (χ0v) is 8.98. The number of aliphatic carboxylic acids is 1. The van der Waals surface area contributed by atoms with Crippen LogP contribution in [0.2, 0.25) is 0 Å². The van der Waals surface area contributed by atoms with Crippen molar-refractivity contribution in [2.75, 3.05) is 0 Å². The normalized spacial score (nSPS) is 10.9. The molecule has 0 aliphatic carbocycles. The lowest BCUT2D eigenvalue weighted by Crippen LogP contribution is -2.06. The zero-order valence-electron chi connectivity index (χ0n) is 8.22. The van der Waals surface area contributed by atoms with E-state index in [2.05, 4.69) is 0 Å². The van der Waals surface area contributed by atoms with Gasteiger partial charge in [-0.05, 0) is 5.56 Å². The van der Waals surface area contributed by atoms with Gasteiger partial charge in [0.1, 0.15) is 11.6 Å². The molecule has 0 saturated carbocycles. The summed E-state index contributed by atoms with van der Waals surface area (Å²) in [7, 11) is 0. The van der Waals surface area contributed by atoms with E-state index in [1.165, 1.54) is 0 Å². The van der Waals surface area contributed by atoms with Gasteiger partial charge in [-0.2, -0.15) is 0 Å². The van der Waals surface area contributed by atoms with E-state index in [9.17, 15) is 9.59 Å². The van der Waals surface area contributed by atoms with Crippen molar-refractivity contribution < 1.29 is 19.4 Å². The number of carboxylic acids is 1. The average molecular weight is 241 g/mol. The van der Waals surface area contributed by atoms with Gasteiger partial charge in [0, 0.05) is 6.08 Å². The minimum Gasteiger partial charge on any atom is -0.478 e. The molecule has 0 unspecified atom stereocenters. The van der Waals surface area contributed by atoms with Crippen LogP contribution < -0.4 is 0 Å². The summed E-state index contributed by atoms with van der Waals surface area (Å²) in [4.78, 5) is 21.4. The van der Waals surface area contributed by atoms with Gasteiger partial charge in [-0.3, -0.25) is 0 Å². The summed E-state index contributed by atoms with van der Waals surface area (Å²) in [5, 5.41) is 7.89. The summed E-state index contributed by atoms with van der Waals surface area (Å²) in [6, 6.07) is 9.00. The van der Waals surface area contributed by atoms with Crippen LogP contribution in [0.1, 0.15) is 5.56 Å². The van der Waals surface area contributed by atoms with Crippen molar-refractivity contribution in [3.05, 3.63) is 47.0 Å². The molecular weight excluding hydrogens is 232 g/mol. The number of benzene rings is 1. The molecule has 0 amide bonds. The van der Waals surface area contributed by atoms with Crippen LogP contribution in [0.3, 0.4) is 0 Å². The van der Waals surface area contributed by atoms with Crippen molar-refractivity contribution >= 4 is 23.5 Å². The van der Waals surface area contributed by atoms with E-state index in [1.807, 2.05) is 6.07 Å². The van der Waals surface area contributed by atoms with Gasteiger partial charge in [-0.1, -0.05) is 41.9 Å². The lowest BCUT2D eigenvalue weighted by molar-refractivity contribution is -0.140. The summed E-state index contributed by atoms with van der Waals surface area (Å²) in [5.74, 6) is -2.14. The number of carbonyl (C=O) groups is 2. The molecule has 1 aromatic rings. The third kappa shape index (κ3) is 4.14. The molecule has 0 aliphatic rings. The van der Waals surface area contributed by atoms with Gasteiger partial charge < -0.3 is 9.84 Å². The molecule has 1 rings (SSSR count). The number of ether oxygens (including phenoxy) is 1. The second-order valence-electron chi connectivity index (χ2n) is 2.89. The van der Waals surface area contributed by atoms with Gasteiger partial charge in [0.2, 0.25) is 0 Å². The number of hydrogen-bond acceptors (Lipinski definition) is 3. The number of carbonyl (C=O) groups excluding carboxylic acids is 1. The Morgan fingerprint density at radius 1 is 1.31 bits per heavy atom. The van der Waals surface area contributed by atoms with Gasteiger partial charge in [0.25, 0.3) is 0 Å². The van der Waals surface area contributed by atoms with Gasteiger partial charge in [-0.25, -0.2) is 9.59 Å². The quantitative estimate of drug-likeness (QED) is 0.645. The first-order valence-electron chi connectivity index (χ1n) is 4.41. The van der Waals surface area contributed by atoms with Crippen LogP contribution in [-0.2, 0) is 20.9 Å². The molecule has 0 radical (unpaired) electrons. The Kier molecular flexibility index (Phi) is 4.54. The Bertz CT molecular complexity index is 411. The second-order valence-corrected chi connectivity index (χ2v) is 3.30. The monoisotopic (exact) mass is 240 g/mol. The molecule has 0 atom stereocenters. The van der Waals surface area contributed by atoms with Crippen LogP contribution in [-0.4, -0.2) is 17.0 Å². The Labute approximate surface area is 97.1 Å². The molecule has 5 heteroatoms. The number of halogens is 1. The Balaban J connectivity index is 2.51. The van der Waals surface area contributed by atoms with Crippen LogP contribution >= 0.6 is 11.6 Å². The van der Waals surface area contributed by atoms with Crippen LogP contribution in [0.5, 0.6) is 0 Å². The molecular formula is C11H9ClO4. The topological polar surface area (TPSA) is 63.6 Å². The molecule has 1 aromatic carbocycles. The number of carboxylic acid groups (broad SMARTS) is 1. The molecule has 1 N–H and O–H groups in total. The number of hydrogen-bond donors (Lipinski definition) is 1. The van der Waals surface area contributed by atoms with Gasteiger partial charge in [-0.15, -0.1) is 0 Å². The van der Waals surface area contributed by atoms with Crippen molar-refractivity contribution in [2.24, 2.45) is 0 Å². The first-order chi connectivity index (χ1) is 7.59. The van der Waals surface area contributed by atoms with Crippen molar-refractivity contribution in [1.29, 1.82) is 0 Å². The van der Waals surface area contributed by atoms with E-state index < -0.39 is 17.0 Å². The van der Waals surface area contributed by atoms with E-state index in [1.54, 1.807) is 24.3 Å². The highest BCUT2D eigenvalue weighted by atomic mass is 35.5. The molecule has 4 nitrogen and oxygen atoms in total. The van der Waals surface area contributed by atoms with Crippen LogP contribution in [0, 0.1) is 0 Å². The Morgan fingerprint density at radius 3 is 2.50 bits per heavy atom. The van der Waals surface area contributed by atoms with Crippen LogP contribution in [0.4, 0.5) is 0 Å². The number of rotatable bonds is 4. The van der Waals surface area contributed by atoms with E-state index >= 15 is 0 Å². The summed E-state index contributed by atoms with van der Waals surface area (Å²) in [6.07, 6.45) is 0.592. The fourth-order valence-electron chi connectivity index (χ4n) is 0.959. The minimum absolute atomic E-state index is 0.0589.